The molecule has 0 bridgehead atoms. The average molecular weight is 125 g/mol. The first-order valence-electron chi connectivity index (χ1n) is 3.16. The first kappa shape index (κ1) is 8.41. The first-order chi connectivity index (χ1) is 4.06. The van der Waals surface area contributed by atoms with Crippen LogP contribution in [0.3, 0.4) is 0 Å². The highest BCUT2D eigenvalue weighted by Gasteiger charge is 2.01. The third kappa shape index (κ3) is 7.41. The van der Waals surface area contributed by atoms with E-state index in [0.717, 1.165) is 0 Å². The topological polar surface area (TPSA) is 12.4 Å². The minimum atomic E-state index is 0.279. The van der Waals surface area contributed by atoms with Gasteiger partial charge in [0.2, 0.25) is 0 Å². The zero-order valence-corrected chi connectivity index (χ0v) is 6.68. The van der Waals surface area contributed by atoms with Gasteiger partial charge in [-0.2, -0.15) is 0 Å². The predicted octanol–water partition coefficient (Wildman–Crippen LogP) is 2.29. The van der Waals surface area contributed by atoms with Crippen molar-refractivity contribution < 1.29 is 0 Å². The summed E-state index contributed by atoms with van der Waals surface area (Å²) in [5.41, 5.74) is 0.279. The zero-order chi connectivity index (χ0) is 7.33. The molecule has 1 heteroatoms. The number of allylic oxidation sites excluding steroid dienone is 2. The highest BCUT2D eigenvalue weighted by atomic mass is 14.6. The summed E-state index contributed by atoms with van der Waals surface area (Å²) >= 11 is 0. The lowest BCUT2D eigenvalue weighted by Gasteiger charge is -2.09. The molecular weight excluding hydrogens is 110 g/mol. The van der Waals surface area contributed by atoms with Crippen LogP contribution in [0.1, 0.15) is 20.8 Å². The number of nitrogens with zero attached hydrogens (tertiary/aromatic N) is 1. The third-order valence-corrected chi connectivity index (χ3v) is 0.831. The predicted molar refractivity (Wildman–Crippen MR) is 43.0 cm³/mol. The number of aliphatic imine (C=N–C) groups is 1. The molecule has 0 aliphatic rings. The van der Waals surface area contributed by atoms with Crippen LogP contribution < -0.4 is 0 Å². The Hall–Kier alpha value is -0.590. The molecule has 0 N–H and O–H groups in total. The van der Waals surface area contributed by atoms with Crippen molar-refractivity contribution in [3.8, 4) is 0 Å². The average Bonchev–Trinajstić information content (AvgIpc) is 1.63. The Morgan fingerprint density at radius 2 is 1.78 bits per heavy atom. The molecule has 0 radical (unpaired) electrons. The van der Waals surface area contributed by atoms with Gasteiger partial charge in [-0.1, -0.05) is 26.8 Å². The number of rotatable bonds is 1. The first-order valence-corrected chi connectivity index (χ1v) is 3.16. The van der Waals surface area contributed by atoms with Crippen LogP contribution in [0.2, 0.25) is 0 Å². The van der Waals surface area contributed by atoms with Gasteiger partial charge in [0.15, 0.2) is 0 Å². The van der Waals surface area contributed by atoms with E-state index in [1.165, 1.54) is 0 Å². The molecule has 0 spiro atoms. The van der Waals surface area contributed by atoms with Gasteiger partial charge in [-0.25, -0.2) is 0 Å². The molecule has 0 fully saturated rings. The third-order valence-electron chi connectivity index (χ3n) is 0.831. The van der Waals surface area contributed by atoms with E-state index in [0.29, 0.717) is 0 Å². The van der Waals surface area contributed by atoms with Crippen LogP contribution in [0.15, 0.2) is 17.1 Å². The molecule has 0 saturated heterocycles. The summed E-state index contributed by atoms with van der Waals surface area (Å²) in [7, 11) is 1.77. The van der Waals surface area contributed by atoms with Crippen LogP contribution in [0.4, 0.5) is 0 Å². The molecule has 0 aliphatic heterocycles. The molecular formula is C8H15N. The molecule has 0 aromatic rings. The molecule has 0 atom stereocenters. The molecule has 0 saturated carbocycles. The highest BCUT2D eigenvalue weighted by Crippen LogP contribution is 2.13. The van der Waals surface area contributed by atoms with Crippen LogP contribution >= 0.6 is 0 Å². The van der Waals surface area contributed by atoms with Crippen molar-refractivity contribution in [3.05, 3.63) is 12.2 Å². The Kier molecular flexibility index (Phi) is 3.21. The van der Waals surface area contributed by atoms with Gasteiger partial charge >= 0.3 is 0 Å². The fourth-order valence-corrected chi connectivity index (χ4v) is 0.418. The van der Waals surface area contributed by atoms with Crippen molar-refractivity contribution in [2.75, 3.05) is 7.05 Å². The highest BCUT2D eigenvalue weighted by molar-refractivity contribution is 5.70. The standard InChI is InChI=1S/C8H15N/c1-8(2,3)6-5-7-9-4/h5-7H,1-4H3. The van der Waals surface area contributed by atoms with Crippen LogP contribution in [0.25, 0.3) is 0 Å². The maximum atomic E-state index is 3.83. The lowest BCUT2D eigenvalue weighted by molar-refractivity contribution is 0.545. The van der Waals surface area contributed by atoms with Gasteiger partial charge in [0.05, 0.1) is 0 Å². The van der Waals surface area contributed by atoms with E-state index in [-0.39, 0.29) is 5.41 Å². The van der Waals surface area contributed by atoms with Gasteiger partial charge in [-0.15, -0.1) is 0 Å². The smallest absolute Gasteiger partial charge is 0.0277 e. The molecule has 0 aliphatic carbocycles. The molecule has 9 heavy (non-hydrogen) atoms. The second-order valence-corrected chi connectivity index (χ2v) is 3.13. The fraction of sp³-hybridized carbons (Fsp3) is 0.625. The molecule has 0 aromatic heterocycles. The maximum absolute atomic E-state index is 3.83. The van der Waals surface area contributed by atoms with Gasteiger partial charge in [0.1, 0.15) is 0 Å². The van der Waals surface area contributed by atoms with Crippen LogP contribution in [0, 0.1) is 5.41 Å². The second kappa shape index (κ2) is 3.44. The van der Waals surface area contributed by atoms with Gasteiger partial charge < -0.3 is 0 Å². The van der Waals surface area contributed by atoms with Gasteiger partial charge in [0.25, 0.3) is 0 Å². The van der Waals surface area contributed by atoms with Crippen molar-refractivity contribution >= 4 is 6.21 Å². The van der Waals surface area contributed by atoms with Gasteiger partial charge in [-0.05, 0) is 11.5 Å². The molecule has 1 nitrogen and oxygen atoms in total. The summed E-state index contributed by atoms with van der Waals surface area (Å²) in [5.74, 6) is 0. The van der Waals surface area contributed by atoms with Crippen LogP contribution in [-0.4, -0.2) is 13.3 Å². The minimum absolute atomic E-state index is 0.279. The largest absolute Gasteiger partial charge is 0.297 e. The van der Waals surface area contributed by atoms with E-state index in [1.807, 2.05) is 6.08 Å². The Bertz CT molecular complexity index is 115. The number of hydrogen-bond acceptors (Lipinski definition) is 1. The van der Waals surface area contributed by atoms with Crippen LogP contribution in [0.5, 0.6) is 0 Å². The van der Waals surface area contributed by atoms with E-state index in [2.05, 4.69) is 31.8 Å². The lowest BCUT2D eigenvalue weighted by Crippen LogP contribution is -1.98. The van der Waals surface area contributed by atoms with Crippen LogP contribution in [-0.2, 0) is 0 Å². The lowest BCUT2D eigenvalue weighted by atomic mass is 9.97. The van der Waals surface area contributed by atoms with Gasteiger partial charge in [0, 0.05) is 13.3 Å². The van der Waals surface area contributed by atoms with Crippen molar-refractivity contribution in [1.29, 1.82) is 0 Å². The van der Waals surface area contributed by atoms with E-state index in [9.17, 15) is 0 Å². The minimum Gasteiger partial charge on any atom is -0.297 e. The molecule has 0 amide bonds. The number of hydrogen-bond donors (Lipinski definition) is 0. The quantitative estimate of drug-likeness (QED) is 0.477. The molecule has 0 rings (SSSR count). The Labute approximate surface area is 57.5 Å². The molecule has 0 heterocycles. The summed E-state index contributed by atoms with van der Waals surface area (Å²) < 4.78 is 0. The Balaban J connectivity index is 3.71. The Morgan fingerprint density at radius 3 is 2.11 bits per heavy atom. The van der Waals surface area contributed by atoms with Gasteiger partial charge in [-0.3, -0.25) is 4.99 Å². The zero-order valence-electron chi connectivity index (χ0n) is 6.68. The summed E-state index contributed by atoms with van der Waals surface area (Å²) in [4.78, 5) is 3.83. The SMILES string of the molecule is CN=CC=CC(C)(C)C. The summed E-state index contributed by atoms with van der Waals surface area (Å²) in [6.45, 7) is 6.48. The van der Waals surface area contributed by atoms with E-state index < -0.39 is 0 Å². The maximum Gasteiger partial charge on any atom is 0.0277 e. The van der Waals surface area contributed by atoms with Crippen molar-refractivity contribution in [2.45, 2.75) is 20.8 Å². The summed E-state index contributed by atoms with van der Waals surface area (Å²) in [6.07, 6.45) is 5.89. The summed E-state index contributed by atoms with van der Waals surface area (Å²) in [5, 5.41) is 0. The van der Waals surface area contributed by atoms with Crippen molar-refractivity contribution in [1.82, 2.24) is 0 Å². The normalized spacial score (nSPS) is 13.8. The molecule has 0 aromatic carbocycles. The molecule has 0 unspecified atom stereocenters. The Morgan fingerprint density at radius 1 is 1.22 bits per heavy atom. The second-order valence-electron chi connectivity index (χ2n) is 3.13. The van der Waals surface area contributed by atoms with E-state index in [1.54, 1.807) is 13.3 Å². The van der Waals surface area contributed by atoms with E-state index in [4.69, 9.17) is 0 Å². The fourth-order valence-electron chi connectivity index (χ4n) is 0.418. The summed E-state index contributed by atoms with van der Waals surface area (Å²) in [6, 6.07) is 0. The molecule has 52 valence electrons. The van der Waals surface area contributed by atoms with Crippen molar-refractivity contribution in [2.24, 2.45) is 10.4 Å². The van der Waals surface area contributed by atoms with E-state index >= 15 is 0 Å². The monoisotopic (exact) mass is 125 g/mol. The van der Waals surface area contributed by atoms with Crippen molar-refractivity contribution in [3.63, 3.8) is 0 Å².